The van der Waals surface area contributed by atoms with Crippen molar-refractivity contribution in [3.8, 4) is 33.4 Å². The Morgan fingerprint density at radius 3 is 1.79 bits per heavy atom. The second-order valence-corrected chi connectivity index (χ2v) is 10.4. The zero-order valence-corrected chi connectivity index (χ0v) is 22.6. The largest absolute Gasteiger partial charge is 0.456 e. The molecule has 9 aromatic rings. The average Bonchev–Trinajstić information content (AvgIpc) is 3.57. The van der Waals surface area contributed by atoms with Crippen molar-refractivity contribution in [2.75, 3.05) is 0 Å². The smallest absolute Gasteiger partial charge is 0.136 e. The molecule has 0 aliphatic carbocycles. The molecule has 0 atom stereocenters. The minimum atomic E-state index is -0.623. The molecule has 0 N–H and O–H groups in total. The number of para-hydroxylation sites is 1. The zero-order valence-electron chi connectivity index (χ0n) is 33.6. The van der Waals surface area contributed by atoms with Gasteiger partial charge in [0.05, 0.1) is 15.1 Å². The van der Waals surface area contributed by atoms with E-state index in [1.807, 2.05) is 91.0 Å². The van der Waals surface area contributed by atoms with E-state index in [2.05, 4.69) is 0 Å². The van der Waals surface area contributed by atoms with Gasteiger partial charge in [-0.05, 0) is 89.9 Å². The summed E-state index contributed by atoms with van der Waals surface area (Å²) in [5.41, 5.74) is 3.00. The molecule has 1 heterocycles. The van der Waals surface area contributed by atoms with Crippen LogP contribution in [0.5, 0.6) is 0 Å². The summed E-state index contributed by atoms with van der Waals surface area (Å²) in [5.74, 6) is 0. The van der Waals surface area contributed by atoms with Crippen molar-refractivity contribution >= 4 is 54.3 Å². The Balaban J connectivity index is 1.43. The molecule has 0 saturated heterocycles. The molecule has 200 valence electrons. The highest BCUT2D eigenvalue weighted by atomic mass is 16.3. The summed E-state index contributed by atoms with van der Waals surface area (Å²) < 4.78 is 104. The molecule has 1 heteroatoms. The van der Waals surface area contributed by atoms with Crippen LogP contribution >= 0.6 is 0 Å². The molecule has 0 unspecified atom stereocenters. The topological polar surface area (TPSA) is 13.1 Å². The van der Waals surface area contributed by atoms with Crippen LogP contribution in [-0.4, -0.2) is 0 Å². The maximum Gasteiger partial charge on any atom is 0.136 e. The minimum absolute atomic E-state index is 0.00249. The van der Waals surface area contributed by atoms with E-state index in [9.17, 15) is 4.11 Å². The number of hydrogen-bond donors (Lipinski definition) is 0. The lowest BCUT2D eigenvalue weighted by molar-refractivity contribution is 0.669. The van der Waals surface area contributed by atoms with Crippen molar-refractivity contribution in [3.63, 3.8) is 0 Å². The molecule has 43 heavy (non-hydrogen) atoms. The maximum atomic E-state index is 9.68. The number of hydrogen-bond acceptors (Lipinski definition) is 1. The minimum Gasteiger partial charge on any atom is -0.456 e. The van der Waals surface area contributed by atoms with E-state index in [1.165, 1.54) is 0 Å². The second-order valence-electron chi connectivity index (χ2n) is 10.4. The quantitative estimate of drug-likeness (QED) is 0.197. The predicted molar refractivity (Wildman–Crippen MR) is 183 cm³/mol. The Hall–Kier alpha value is -5.66. The number of furan rings is 1. The molecule has 9 rings (SSSR count). The molecular weight excluding hydrogens is 520 g/mol. The van der Waals surface area contributed by atoms with E-state index in [0.717, 1.165) is 38.3 Å². The molecule has 0 spiro atoms. The van der Waals surface area contributed by atoms with Crippen LogP contribution in [0, 0.1) is 0 Å². The number of rotatable bonds is 3. The summed E-state index contributed by atoms with van der Waals surface area (Å²) >= 11 is 0. The lowest BCUT2D eigenvalue weighted by Gasteiger charge is -2.18. The van der Waals surface area contributed by atoms with Crippen molar-refractivity contribution in [2.45, 2.75) is 0 Å². The Morgan fingerprint density at radius 1 is 0.419 bits per heavy atom. The van der Waals surface area contributed by atoms with Gasteiger partial charge in [0, 0.05) is 10.8 Å². The van der Waals surface area contributed by atoms with Gasteiger partial charge in [0.2, 0.25) is 0 Å². The molecule has 0 aliphatic rings. The van der Waals surface area contributed by atoms with E-state index in [-0.39, 0.29) is 27.5 Å². The van der Waals surface area contributed by atoms with Crippen molar-refractivity contribution < 1.29 is 19.5 Å². The molecular formula is C42H26O. The monoisotopic (exact) mass is 557 g/mol. The SMILES string of the molecule is [2H]c1c([2H])c(-c2c([2H])c([2H])c3c([2H])c([2H])c([2H])c([2H])c3c2[2H])c([2H])c(-c2c3ccccc3c(-c3cccc4oc5ccccc5c34)c3ccccc23)c1[2H]. The van der Waals surface area contributed by atoms with Crippen molar-refractivity contribution in [3.05, 3.63) is 157 Å². The third kappa shape index (κ3) is 3.72. The summed E-state index contributed by atoms with van der Waals surface area (Å²) in [5, 5.41) is 4.16. The fourth-order valence-electron chi connectivity index (χ4n) is 6.17. The second kappa shape index (κ2) is 9.44. The van der Waals surface area contributed by atoms with Crippen LogP contribution in [0.2, 0.25) is 0 Å². The molecule has 1 aromatic heterocycles. The normalized spacial score (nSPS) is 15.3. The summed E-state index contributed by atoms with van der Waals surface area (Å²) in [7, 11) is 0. The molecule has 0 fully saturated rings. The predicted octanol–water partition coefficient (Wildman–Crippen LogP) is 12.0. The van der Waals surface area contributed by atoms with Gasteiger partial charge in [0.1, 0.15) is 11.2 Å². The van der Waals surface area contributed by atoms with E-state index in [0.29, 0.717) is 21.9 Å². The van der Waals surface area contributed by atoms with Crippen LogP contribution in [0.25, 0.3) is 87.6 Å². The van der Waals surface area contributed by atoms with Crippen LogP contribution in [-0.2, 0) is 0 Å². The van der Waals surface area contributed by atoms with Gasteiger partial charge in [-0.15, -0.1) is 0 Å². The van der Waals surface area contributed by atoms with E-state index in [4.69, 9.17) is 15.4 Å². The zero-order chi connectivity index (χ0) is 37.9. The first-order chi connectivity index (χ1) is 25.9. The summed E-state index contributed by atoms with van der Waals surface area (Å²) in [4.78, 5) is 0. The van der Waals surface area contributed by atoms with Crippen LogP contribution in [0.4, 0.5) is 0 Å². The Morgan fingerprint density at radius 2 is 1.02 bits per heavy atom. The highest BCUT2D eigenvalue weighted by Crippen LogP contribution is 2.47. The summed E-state index contributed by atoms with van der Waals surface area (Å²) in [6.45, 7) is 0. The average molecular weight is 558 g/mol. The van der Waals surface area contributed by atoms with Gasteiger partial charge >= 0.3 is 0 Å². The van der Waals surface area contributed by atoms with Crippen molar-refractivity contribution in [2.24, 2.45) is 0 Å². The molecule has 0 amide bonds. The number of fused-ring (bicyclic) bond motifs is 6. The lowest BCUT2D eigenvalue weighted by atomic mass is 9.84. The first-order valence-corrected chi connectivity index (χ1v) is 13.9. The van der Waals surface area contributed by atoms with Gasteiger partial charge in [-0.3, -0.25) is 0 Å². The van der Waals surface area contributed by atoms with Crippen LogP contribution in [0.1, 0.15) is 15.1 Å². The molecule has 0 radical (unpaired) electrons. The van der Waals surface area contributed by atoms with Gasteiger partial charge < -0.3 is 4.42 Å². The molecule has 0 bridgehead atoms. The molecule has 1 nitrogen and oxygen atoms in total. The Labute approximate surface area is 264 Å². The van der Waals surface area contributed by atoms with Gasteiger partial charge in [0.15, 0.2) is 0 Å². The molecule has 8 aromatic carbocycles. The third-order valence-corrected chi connectivity index (χ3v) is 7.98. The van der Waals surface area contributed by atoms with E-state index in [1.54, 1.807) is 0 Å². The van der Waals surface area contributed by atoms with Gasteiger partial charge in [0.25, 0.3) is 0 Å². The Bertz CT molecular complexity index is 3070. The highest BCUT2D eigenvalue weighted by molar-refractivity contribution is 6.25. The molecule has 0 aliphatic heterocycles. The number of benzene rings is 8. The highest BCUT2D eigenvalue weighted by Gasteiger charge is 2.20. The van der Waals surface area contributed by atoms with Crippen LogP contribution < -0.4 is 0 Å². The fraction of sp³-hybridized carbons (Fsp3) is 0. The van der Waals surface area contributed by atoms with Gasteiger partial charge in [-0.1, -0.05) is 133 Å². The standard InChI is InChI=1S/C42H26O/c1-2-12-28-25-30(24-23-27(28)11-1)29-13-9-14-31(26-29)40-32-15-3-5-17-34(32)41(35-18-6-4-16-33(35)40)37-20-10-22-39-42(37)36-19-7-8-21-38(36)43-39/h1-26H/i1D,2D,9D,11D,12D,13D,14D,23D,24D,25D,26D. The van der Waals surface area contributed by atoms with Crippen LogP contribution in [0.15, 0.2) is 162 Å². The Kier molecular flexibility index (Phi) is 3.41. The van der Waals surface area contributed by atoms with Gasteiger partial charge in [-0.25, -0.2) is 0 Å². The van der Waals surface area contributed by atoms with Crippen molar-refractivity contribution in [1.29, 1.82) is 0 Å². The van der Waals surface area contributed by atoms with E-state index >= 15 is 0 Å². The third-order valence-electron chi connectivity index (χ3n) is 7.98. The summed E-state index contributed by atoms with van der Waals surface area (Å²) in [6, 6.07) is 22.8. The molecule has 0 saturated carbocycles. The van der Waals surface area contributed by atoms with Gasteiger partial charge in [-0.2, -0.15) is 0 Å². The summed E-state index contributed by atoms with van der Waals surface area (Å²) in [6.07, 6.45) is 0. The van der Waals surface area contributed by atoms with E-state index < -0.39 is 66.5 Å². The fourth-order valence-corrected chi connectivity index (χ4v) is 6.17. The maximum absolute atomic E-state index is 9.68. The first kappa shape index (κ1) is 15.5. The lowest BCUT2D eigenvalue weighted by Crippen LogP contribution is -1.91. The van der Waals surface area contributed by atoms with Crippen molar-refractivity contribution in [1.82, 2.24) is 0 Å². The van der Waals surface area contributed by atoms with Crippen LogP contribution in [0.3, 0.4) is 0 Å². The first-order valence-electron chi connectivity index (χ1n) is 19.4.